The minimum absolute atomic E-state index is 0.175. The lowest BCUT2D eigenvalue weighted by molar-refractivity contribution is -0.114. The molecule has 1 N–H and O–H groups in total. The average Bonchev–Trinajstić information content (AvgIpc) is 2.72. The molecule has 140 valence electrons. The summed E-state index contributed by atoms with van der Waals surface area (Å²) in [6.07, 6.45) is 10.6. The molecular formula is C22H24N2OS2. The standard InChI is InChI=1S/C22H24N2OS2/c1-15(18-14-13-16-9-7-8-12-19(16)20(18)27-3)21(25)24(22(26)23-2)17-10-5-4-6-11-17/h4-6,8,10-12H,1,7,9,13-14H2,2-3H3,(H,23,26). The van der Waals surface area contributed by atoms with E-state index in [-0.39, 0.29) is 5.91 Å². The van der Waals surface area contributed by atoms with E-state index in [1.54, 1.807) is 18.8 Å². The van der Waals surface area contributed by atoms with Crippen LogP contribution in [-0.2, 0) is 4.79 Å². The van der Waals surface area contributed by atoms with Gasteiger partial charge in [-0.05, 0) is 67.4 Å². The molecule has 0 heterocycles. The van der Waals surface area contributed by atoms with Crippen molar-refractivity contribution < 1.29 is 4.79 Å². The molecule has 0 atom stereocenters. The van der Waals surface area contributed by atoms with Gasteiger partial charge < -0.3 is 5.32 Å². The summed E-state index contributed by atoms with van der Waals surface area (Å²) in [5, 5.41) is 3.29. The van der Waals surface area contributed by atoms with Crippen molar-refractivity contribution in [3.63, 3.8) is 0 Å². The van der Waals surface area contributed by atoms with Crippen LogP contribution in [0.25, 0.3) is 0 Å². The first-order valence-electron chi connectivity index (χ1n) is 9.05. The molecule has 2 aliphatic carbocycles. The first-order valence-corrected chi connectivity index (χ1v) is 10.7. The predicted octanol–water partition coefficient (Wildman–Crippen LogP) is 5.14. The Kier molecular flexibility index (Phi) is 6.34. The lowest BCUT2D eigenvalue weighted by Gasteiger charge is -2.29. The van der Waals surface area contributed by atoms with Gasteiger partial charge in [-0.1, -0.05) is 42.5 Å². The number of carbonyl (C=O) groups is 1. The third kappa shape index (κ3) is 3.94. The van der Waals surface area contributed by atoms with Crippen LogP contribution in [0.5, 0.6) is 0 Å². The third-order valence-electron chi connectivity index (χ3n) is 4.93. The van der Waals surface area contributed by atoms with Gasteiger partial charge in [0.15, 0.2) is 5.11 Å². The van der Waals surface area contributed by atoms with Gasteiger partial charge in [0.25, 0.3) is 5.91 Å². The molecule has 0 unspecified atom stereocenters. The van der Waals surface area contributed by atoms with E-state index in [9.17, 15) is 4.79 Å². The number of hydrogen-bond donors (Lipinski definition) is 1. The van der Waals surface area contributed by atoms with E-state index < -0.39 is 0 Å². The van der Waals surface area contributed by atoms with Crippen LogP contribution in [0.15, 0.2) is 76.3 Å². The van der Waals surface area contributed by atoms with Gasteiger partial charge in [-0.3, -0.25) is 9.69 Å². The van der Waals surface area contributed by atoms with Crippen LogP contribution in [0.1, 0.15) is 25.7 Å². The molecule has 27 heavy (non-hydrogen) atoms. The second-order valence-electron chi connectivity index (χ2n) is 6.48. The molecule has 1 aromatic carbocycles. The molecule has 1 amide bonds. The average molecular weight is 397 g/mol. The number of benzene rings is 1. The van der Waals surface area contributed by atoms with Crippen LogP contribution in [0.3, 0.4) is 0 Å². The number of thiocarbonyl (C=S) groups is 1. The van der Waals surface area contributed by atoms with E-state index in [0.29, 0.717) is 10.7 Å². The Balaban J connectivity index is 1.99. The second kappa shape index (κ2) is 8.72. The van der Waals surface area contributed by atoms with Crippen LogP contribution in [0.4, 0.5) is 5.69 Å². The van der Waals surface area contributed by atoms with Crippen molar-refractivity contribution in [3.8, 4) is 0 Å². The minimum Gasteiger partial charge on any atom is -0.365 e. The fraction of sp³-hybridized carbons (Fsp3) is 0.273. The van der Waals surface area contributed by atoms with E-state index in [2.05, 4.69) is 30.3 Å². The van der Waals surface area contributed by atoms with Crippen molar-refractivity contribution in [3.05, 3.63) is 76.3 Å². The molecule has 0 saturated carbocycles. The first kappa shape index (κ1) is 19.6. The number of thioether (sulfide) groups is 1. The number of para-hydroxylation sites is 1. The maximum absolute atomic E-state index is 13.4. The number of carbonyl (C=O) groups excluding carboxylic acids is 1. The van der Waals surface area contributed by atoms with Crippen LogP contribution >= 0.6 is 24.0 Å². The molecule has 1 aromatic rings. The van der Waals surface area contributed by atoms with Gasteiger partial charge in [0.05, 0.1) is 5.69 Å². The van der Waals surface area contributed by atoms with Crippen molar-refractivity contribution in [2.75, 3.05) is 18.2 Å². The number of amides is 1. The van der Waals surface area contributed by atoms with Crippen LogP contribution in [-0.4, -0.2) is 24.3 Å². The highest BCUT2D eigenvalue weighted by Gasteiger charge is 2.29. The first-order chi connectivity index (χ1) is 13.1. The fourth-order valence-corrected chi connectivity index (χ4v) is 4.65. The van der Waals surface area contributed by atoms with Crippen LogP contribution in [0, 0.1) is 0 Å². The third-order valence-corrected chi connectivity index (χ3v) is 6.20. The number of anilines is 1. The summed E-state index contributed by atoms with van der Waals surface area (Å²) in [6.45, 7) is 4.18. The number of nitrogens with zero attached hydrogens (tertiary/aromatic N) is 1. The van der Waals surface area contributed by atoms with Gasteiger partial charge in [0, 0.05) is 17.5 Å². The molecule has 0 fully saturated rings. The van der Waals surface area contributed by atoms with Gasteiger partial charge >= 0.3 is 0 Å². The van der Waals surface area contributed by atoms with Crippen molar-refractivity contribution in [2.45, 2.75) is 25.7 Å². The Bertz CT molecular complexity index is 866. The maximum atomic E-state index is 13.4. The van der Waals surface area contributed by atoms with Gasteiger partial charge in [0.2, 0.25) is 0 Å². The molecular weight excluding hydrogens is 372 g/mol. The number of allylic oxidation sites excluding steroid dienone is 4. The van der Waals surface area contributed by atoms with Gasteiger partial charge in [-0.15, -0.1) is 11.8 Å². The fourth-order valence-electron chi connectivity index (χ4n) is 3.56. The molecule has 3 nitrogen and oxygen atoms in total. The number of hydrogen-bond acceptors (Lipinski definition) is 3. The summed E-state index contributed by atoms with van der Waals surface area (Å²) in [4.78, 5) is 16.1. The molecule has 3 rings (SSSR count). The van der Waals surface area contributed by atoms with E-state index in [0.717, 1.165) is 36.9 Å². The monoisotopic (exact) mass is 396 g/mol. The minimum atomic E-state index is -0.175. The molecule has 0 saturated heterocycles. The summed E-state index contributed by atoms with van der Waals surface area (Å²) in [5.74, 6) is -0.175. The quantitative estimate of drug-likeness (QED) is 0.564. The predicted molar refractivity (Wildman–Crippen MR) is 120 cm³/mol. The van der Waals surface area contributed by atoms with Gasteiger partial charge in [0.1, 0.15) is 0 Å². The zero-order valence-electron chi connectivity index (χ0n) is 15.7. The molecule has 0 spiro atoms. The Morgan fingerprint density at radius 1 is 1.22 bits per heavy atom. The van der Waals surface area contributed by atoms with Crippen molar-refractivity contribution in [2.24, 2.45) is 0 Å². The van der Waals surface area contributed by atoms with Crippen LogP contribution < -0.4 is 10.2 Å². The summed E-state index contributed by atoms with van der Waals surface area (Å²) < 4.78 is 0. The van der Waals surface area contributed by atoms with Crippen molar-refractivity contribution in [1.82, 2.24) is 5.32 Å². The highest BCUT2D eigenvalue weighted by molar-refractivity contribution is 8.02. The molecule has 2 aliphatic rings. The highest BCUT2D eigenvalue weighted by Crippen LogP contribution is 2.42. The summed E-state index contributed by atoms with van der Waals surface area (Å²) in [6, 6.07) is 9.47. The Morgan fingerprint density at radius 2 is 1.96 bits per heavy atom. The number of nitrogens with one attached hydrogen (secondary N) is 1. The smallest absolute Gasteiger partial charge is 0.264 e. The van der Waals surface area contributed by atoms with E-state index >= 15 is 0 Å². The SMILES string of the molecule is C=C(C(=O)N(C(=S)NC)c1ccccc1)C1=C(SC)C2=C(CCC=C2)CC1. The van der Waals surface area contributed by atoms with Gasteiger partial charge in [-0.2, -0.15) is 0 Å². The largest absolute Gasteiger partial charge is 0.365 e. The molecule has 0 aliphatic heterocycles. The van der Waals surface area contributed by atoms with Crippen molar-refractivity contribution in [1.29, 1.82) is 0 Å². The molecule has 0 aromatic heterocycles. The Hall–Kier alpha value is -2.11. The van der Waals surface area contributed by atoms with E-state index in [4.69, 9.17) is 12.2 Å². The summed E-state index contributed by atoms with van der Waals surface area (Å²) in [5.41, 5.74) is 5.08. The molecule has 0 bridgehead atoms. The van der Waals surface area contributed by atoms with Crippen LogP contribution in [0.2, 0.25) is 0 Å². The maximum Gasteiger partial charge on any atom is 0.264 e. The normalized spacial score (nSPS) is 16.1. The van der Waals surface area contributed by atoms with E-state index in [1.165, 1.54) is 21.0 Å². The zero-order chi connectivity index (χ0) is 19.4. The molecule has 0 radical (unpaired) electrons. The Morgan fingerprint density at radius 3 is 2.63 bits per heavy atom. The Labute approximate surface area is 170 Å². The molecule has 5 heteroatoms. The lowest BCUT2D eigenvalue weighted by atomic mass is 9.84. The second-order valence-corrected chi connectivity index (χ2v) is 7.68. The topological polar surface area (TPSA) is 32.3 Å². The highest BCUT2D eigenvalue weighted by atomic mass is 32.2. The lowest BCUT2D eigenvalue weighted by Crippen LogP contribution is -2.43. The zero-order valence-corrected chi connectivity index (χ0v) is 17.4. The summed E-state index contributed by atoms with van der Waals surface area (Å²) >= 11 is 7.11. The van der Waals surface area contributed by atoms with Crippen molar-refractivity contribution >= 4 is 40.7 Å². The summed E-state index contributed by atoms with van der Waals surface area (Å²) in [7, 11) is 1.73. The van der Waals surface area contributed by atoms with E-state index in [1.807, 2.05) is 30.3 Å². The number of rotatable bonds is 4. The van der Waals surface area contributed by atoms with Gasteiger partial charge in [-0.25, -0.2) is 0 Å².